The van der Waals surface area contributed by atoms with E-state index >= 15 is 0 Å². The van der Waals surface area contributed by atoms with Crippen LogP contribution in [0.15, 0.2) is 51.6 Å². The van der Waals surface area contributed by atoms with Crippen molar-refractivity contribution in [3.63, 3.8) is 0 Å². The summed E-state index contributed by atoms with van der Waals surface area (Å²) in [6.45, 7) is 0.237. The highest BCUT2D eigenvalue weighted by atomic mass is 16.5. The summed E-state index contributed by atoms with van der Waals surface area (Å²) >= 11 is 0. The number of hydrogen-bond donors (Lipinski definition) is 3. The fourth-order valence-electron chi connectivity index (χ4n) is 2.88. The van der Waals surface area contributed by atoms with Gasteiger partial charge in [0, 0.05) is 13.0 Å². The summed E-state index contributed by atoms with van der Waals surface area (Å²) in [5, 5.41) is 11.7. The van der Waals surface area contributed by atoms with Gasteiger partial charge in [-0.05, 0) is 24.3 Å². The highest BCUT2D eigenvalue weighted by molar-refractivity contribution is 6.10. The first kappa shape index (κ1) is 18.4. The molecule has 148 valence electrons. The van der Waals surface area contributed by atoms with Crippen LogP contribution in [-0.4, -0.2) is 40.4 Å². The highest BCUT2D eigenvalue weighted by Crippen LogP contribution is 2.19. The molecule has 0 bridgehead atoms. The molecule has 0 radical (unpaired) electrons. The molecule has 0 fully saturated rings. The van der Waals surface area contributed by atoms with Crippen molar-refractivity contribution < 1.29 is 23.3 Å². The van der Waals surface area contributed by atoms with Crippen molar-refractivity contribution in [2.24, 2.45) is 0 Å². The largest absolute Gasteiger partial charge is 0.461 e. The molecule has 3 N–H and O–H groups in total. The summed E-state index contributed by atoms with van der Waals surface area (Å²) in [5.41, 5.74) is 0.772. The second-order valence-electron chi connectivity index (χ2n) is 6.35. The van der Waals surface area contributed by atoms with E-state index in [1.807, 2.05) is 0 Å². The molecular weight excluding hydrogens is 378 g/mol. The van der Waals surface area contributed by atoms with E-state index in [-0.39, 0.29) is 18.9 Å². The lowest BCUT2D eigenvalue weighted by Gasteiger charge is -2.14. The first-order chi connectivity index (χ1) is 14.1. The minimum atomic E-state index is -0.969. The Hall–Kier alpha value is -3.95. The maximum absolute atomic E-state index is 12.3. The van der Waals surface area contributed by atoms with Crippen LogP contribution >= 0.6 is 0 Å². The van der Waals surface area contributed by atoms with E-state index in [9.17, 15) is 14.4 Å². The molecule has 0 aliphatic carbocycles. The lowest BCUT2D eigenvalue weighted by atomic mass is 10.1. The van der Waals surface area contributed by atoms with Gasteiger partial charge in [-0.25, -0.2) is 0 Å². The molecule has 0 saturated carbocycles. The van der Waals surface area contributed by atoms with Gasteiger partial charge in [-0.15, -0.1) is 0 Å². The van der Waals surface area contributed by atoms with Crippen molar-refractivity contribution in [3.8, 4) is 11.6 Å². The van der Waals surface area contributed by atoms with Gasteiger partial charge < -0.3 is 24.9 Å². The summed E-state index contributed by atoms with van der Waals surface area (Å²) in [4.78, 5) is 41.0. The predicted octanol–water partition coefficient (Wildman–Crippen LogP) is 1.13. The van der Waals surface area contributed by atoms with Crippen LogP contribution < -0.4 is 16.0 Å². The first-order valence-corrected chi connectivity index (χ1v) is 8.94. The zero-order chi connectivity index (χ0) is 20.2. The molecule has 10 heteroatoms. The number of nitrogens with zero attached hydrogens (tertiary/aromatic N) is 2. The topological polar surface area (TPSA) is 139 Å². The lowest BCUT2D eigenvalue weighted by molar-refractivity contribution is -0.125. The zero-order valence-corrected chi connectivity index (χ0v) is 15.2. The minimum Gasteiger partial charge on any atom is -0.461 e. The maximum atomic E-state index is 12.3. The Labute approximate surface area is 164 Å². The van der Waals surface area contributed by atoms with Crippen molar-refractivity contribution in [1.29, 1.82) is 0 Å². The molecule has 3 amide bonds. The molecule has 10 nitrogen and oxygen atoms in total. The van der Waals surface area contributed by atoms with Crippen LogP contribution in [0.2, 0.25) is 0 Å². The third kappa shape index (κ3) is 4.15. The Morgan fingerprint density at radius 1 is 1.17 bits per heavy atom. The maximum Gasteiger partial charge on any atom is 0.254 e. The standard InChI is InChI=1S/C19H17N5O5/c25-15(20-8-7-16-23-17(24-29-16)14-6-3-9-28-14)10-13-19(27)21-12-5-2-1-4-11(12)18(26)22-13/h1-6,9,13H,7-8,10H2,(H,20,25)(H,21,27)(H,22,26). The second-order valence-corrected chi connectivity index (χ2v) is 6.35. The van der Waals surface area contributed by atoms with Gasteiger partial charge in [0.1, 0.15) is 6.04 Å². The Morgan fingerprint density at radius 3 is 2.86 bits per heavy atom. The molecular formula is C19H17N5O5. The molecule has 1 aliphatic rings. The van der Waals surface area contributed by atoms with E-state index < -0.39 is 17.9 Å². The van der Waals surface area contributed by atoms with Crippen LogP contribution in [0, 0.1) is 0 Å². The Balaban J connectivity index is 1.29. The van der Waals surface area contributed by atoms with Gasteiger partial charge in [0.2, 0.25) is 23.5 Å². The average Bonchev–Trinajstić information content (AvgIpc) is 3.37. The molecule has 0 saturated heterocycles. The smallest absolute Gasteiger partial charge is 0.254 e. The van der Waals surface area contributed by atoms with Crippen LogP contribution in [0.1, 0.15) is 22.7 Å². The molecule has 4 rings (SSSR count). The van der Waals surface area contributed by atoms with Crippen LogP contribution in [0.25, 0.3) is 11.6 Å². The Morgan fingerprint density at radius 2 is 2.03 bits per heavy atom. The molecule has 3 aromatic rings. The number of amides is 3. The molecule has 1 atom stereocenters. The van der Waals surface area contributed by atoms with Crippen molar-refractivity contribution >= 4 is 23.4 Å². The fraction of sp³-hybridized carbons (Fsp3) is 0.211. The molecule has 1 aromatic carbocycles. The molecule has 2 aromatic heterocycles. The second kappa shape index (κ2) is 7.97. The SMILES string of the molecule is O=C(CC1NC(=O)c2ccccc2NC1=O)NCCc1nc(-c2ccco2)no1. The predicted molar refractivity (Wildman–Crippen MR) is 99.7 cm³/mol. The number of aromatic nitrogens is 2. The number of anilines is 1. The van der Waals surface area contributed by atoms with Crippen LogP contribution in [0.5, 0.6) is 0 Å². The summed E-state index contributed by atoms with van der Waals surface area (Å²) in [6, 6.07) is 9.11. The van der Waals surface area contributed by atoms with Crippen LogP contribution in [-0.2, 0) is 16.0 Å². The van der Waals surface area contributed by atoms with E-state index in [1.54, 1.807) is 36.4 Å². The summed E-state index contributed by atoms with van der Waals surface area (Å²) in [7, 11) is 0. The van der Waals surface area contributed by atoms with Crippen molar-refractivity contribution in [2.75, 3.05) is 11.9 Å². The van der Waals surface area contributed by atoms with Gasteiger partial charge in [0.15, 0.2) is 5.76 Å². The highest BCUT2D eigenvalue weighted by Gasteiger charge is 2.29. The van der Waals surface area contributed by atoms with Gasteiger partial charge in [-0.2, -0.15) is 4.98 Å². The van der Waals surface area contributed by atoms with Crippen molar-refractivity contribution in [3.05, 3.63) is 54.1 Å². The summed E-state index contributed by atoms with van der Waals surface area (Å²) in [5.74, 6) is -0.0878. The fourth-order valence-corrected chi connectivity index (χ4v) is 2.88. The van der Waals surface area contributed by atoms with Gasteiger partial charge >= 0.3 is 0 Å². The number of carbonyl (C=O) groups is 3. The molecule has 3 heterocycles. The number of para-hydroxylation sites is 1. The number of hydrogen-bond acceptors (Lipinski definition) is 7. The van der Waals surface area contributed by atoms with E-state index in [2.05, 4.69) is 26.1 Å². The van der Waals surface area contributed by atoms with Gasteiger partial charge in [-0.3, -0.25) is 14.4 Å². The van der Waals surface area contributed by atoms with Gasteiger partial charge in [-0.1, -0.05) is 17.3 Å². The van der Waals surface area contributed by atoms with Crippen LogP contribution in [0.4, 0.5) is 5.69 Å². The Kier molecular flexibility index (Phi) is 5.06. The quantitative estimate of drug-likeness (QED) is 0.568. The van der Waals surface area contributed by atoms with Gasteiger partial charge in [0.05, 0.1) is 23.9 Å². The summed E-state index contributed by atoms with van der Waals surface area (Å²) < 4.78 is 10.3. The molecule has 1 aliphatic heterocycles. The number of rotatable bonds is 6. The minimum absolute atomic E-state index is 0.187. The average molecular weight is 395 g/mol. The molecule has 0 spiro atoms. The van der Waals surface area contributed by atoms with Crippen LogP contribution in [0.3, 0.4) is 0 Å². The monoisotopic (exact) mass is 395 g/mol. The van der Waals surface area contributed by atoms with Crippen molar-refractivity contribution in [2.45, 2.75) is 18.9 Å². The lowest BCUT2D eigenvalue weighted by Crippen LogP contribution is -2.44. The molecule has 29 heavy (non-hydrogen) atoms. The first-order valence-electron chi connectivity index (χ1n) is 8.94. The third-order valence-corrected chi connectivity index (χ3v) is 4.31. The summed E-state index contributed by atoms with van der Waals surface area (Å²) in [6.07, 6.45) is 1.63. The van der Waals surface area contributed by atoms with E-state index in [0.29, 0.717) is 35.1 Å². The molecule has 1 unspecified atom stereocenters. The zero-order valence-electron chi connectivity index (χ0n) is 15.2. The Bertz CT molecular complexity index is 1040. The number of benzene rings is 1. The van der Waals surface area contributed by atoms with E-state index in [1.165, 1.54) is 6.26 Å². The van der Waals surface area contributed by atoms with Gasteiger partial charge in [0.25, 0.3) is 5.91 Å². The normalized spacial score (nSPS) is 15.8. The number of fused-ring (bicyclic) bond motifs is 1. The number of carbonyl (C=O) groups excluding carboxylic acids is 3. The number of nitrogens with one attached hydrogen (secondary N) is 3. The number of furan rings is 1. The third-order valence-electron chi connectivity index (χ3n) is 4.31. The van der Waals surface area contributed by atoms with E-state index in [4.69, 9.17) is 8.94 Å². The van der Waals surface area contributed by atoms with Crippen molar-refractivity contribution in [1.82, 2.24) is 20.8 Å². The van der Waals surface area contributed by atoms with E-state index in [0.717, 1.165) is 0 Å².